The van der Waals surface area contributed by atoms with Gasteiger partial charge in [-0.2, -0.15) is 0 Å². The number of benzene rings is 2. The van der Waals surface area contributed by atoms with E-state index in [0.717, 1.165) is 56.1 Å². The smallest absolute Gasteiger partial charge is 0.320 e. The van der Waals surface area contributed by atoms with Crippen molar-refractivity contribution >= 4 is 17.9 Å². The van der Waals surface area contributed by atoms with E-state index in [4.69, 9.17) is 14.2 Å². The Balaban J connectivity index is 1.76. The highest BCUT2D eigenvalue weighted by molar-refractivity contribution is 5.94. The van der Waals surface area contributed by atoms with Gasteiger partial charge in [0.05, 0.1) is 0 Å². The third-order valence-corrected chi connectivity index (χ3v) is 8.70. The summed E-state index contributed by atoms with van der Waals surface area (Å²) in [5.74, 6) is -2.19. The number of esters is 3. The molecule has 6 nitrogen and oxygen atoms in total. The van der Waals surface area contributed by atoms with E-state index < -0.39 is 17.9 Å². The van der Waals surface area contributed by atoms with E-state index in [1.54, 1.807) is 0 Å². The fraction of sp³-hybridized carbons (Fsp3) is 0.634. The van der Waals surface area contributed by atoms with Gasteiger partial charge < -0.3 is 14.2 Å². The molecule has 0 unspecified atom stereocenters. The molecule has 0 aliphatic carbocycles. The Morgan fingerprint density at radius 3 is 1.38 bits per heavy atom. The highest BCUT2D eigenvalue weighted by Crippen LogP contribution is 2.20. The van der Waals surface area contributed by atoms with Crippen LogP contribution in [0.25, 0.3) is 0 Å². The molecule has 0 aliphatic heterocycles. The van der Waals surface area contributed by atoms with Crippen molar-refractivity contribution in [1.29, 1.82) is 0 Å². The fourth-order valence-electron chi connectivity index (χ4n) is 5.77. The van der Waals surface area contributed by atoms with Gasteiger partial charge in [-0.05, 0) is 49.7 Å². The molecule has 0 N–H and O–H groups in total. The quantitative estimate of drug-likeness (QED) is 0.0395. The monoisotopic (exact) mass is 650 g/mol. The number of ether oxygens (including phenoxy) is 3. The lowest BCUT2D eigenvalue weighted by atomic mass is 10.00. The molecule has 0 atom stereocenters. The largest absolute Gasteiger partial charge is 0.462 e. The summed E-state index contributed by atoms with van der Waals surface area (Å²) in [6, 6.07) is 18.9. The minimum atomic E-state index is -0.975. The van der Waals surface area contributed by atoms with Crippen molar-refractivity contribution in [2.75, 3.05) is 0 Å². The molecule has 2 aromatic rings. The number of hydrogen-bond donors (Lipinski definition) is 0. The van der Waals surface area contributed by atoms with Crippen molar-refractivity contribution in [3.63, 3.8) is 0 Å². The van der Waals surface area contributed by atoms with Crippen LogP contribution in [0, 0.1) is 5.92 Å². The Labute approximate surface area is 285 Å². The van der Waals surface area contributed by atoms with E-state index in [0.29, 0.717) is 19.3 Å². The minimum Gasteiger partial charge on any atom is -0.462 e. The highest BCUT2D eigenvalue weighted by atomic mass is 16.6. The maximum Gasteiger partial charge on any atom is 0.320 e. The third kappa shape index (κ3) is 20.0. The van der Waals surface area contributed by atoms with Crippen LogP contribution < -0.4 is 0 Å². The summed E-state index contributed by atoms with van der Waals surface area (Å²) in [5, 5.41) is 0. The van der Waals surface area contributed by atoms with Gasteiger partial charge in [-0.15, -0.1) is 0 Å². The van der Waals surface area contributed by atoms with Gasteiger partial charge in [-0.3, -0.25) is 14.4 Å². The molecule has 0 aromatic heterocycles. The molecule has 2 aromatic carbocycles. The minimum absolute atomic E-state index is 0.0319. The standard InChI is InChI=1S/C41H62O6/c1-3-5-7-9-11-21-29-37(30-22-12-10-8-6-4-2)47-39(42)32-24-14-13-23-31-38(40(43)45-33-35-25-17-15-18-26-35)41(44)46-34-36-27-19-16-20-28-36/h15-20,25-28,37-38H,3-14,21-24,29-34H2,1-2H3. The summed E-state index contributed by atoms with van der Waals surface area (Å²) in [6.07, 6.45) is 20.7. The maximum absolute atomic E-state index is 13.0. The first-order chi connectivity index (χ1) is 23.0. The Hall–Kier alpha value is -3.15. The summed E-state index contributed by atoms with van der Waals surface area (Å²) in [6.45, 7) is 4.70. The van der Waals surface area contributed by atoms with Crippen molar-refractivity contribution in [3.05, 3.63) is 71.8 Å². The molecule has 0 spiro atoms. The van der Waals surface area contributed by atoms with Gasteiger partial charge in [-0.1, -0.05) is 158 Å². The van der Waals surface area contributed by atoms with Crippen molar-refractivity contribution in [2.45, 2.75) is 162 Å². The second-order valence-electron chi connectivity index (χ2n) is 12.9. The van der Waals surface area contributed by atoms with E-state index in [1.807, 2.05) is 60.7 Å². The Bertz CT molecular complexity index is 998. The van der Waals surface area contributed by atoms with E-state index in [-0.39, 0.29) is 25.3 Å². The molecule has 0 bridgehead atoms. The Morgan fingerprint density at radius 1 is 0.511 bits per heavy atom. The zero-order valence-electron chi connectivity index (χ0n) is 29.4. The van der Waals surface area contributed by atoms with Crippen LogP contribution in [0.3, 0.4) is 0 Å². The Kier molecular flexibility index (Phi) is 22.9. The molecule has 0 radical (unpaired) electrons. The zero-order chi connectivity index (χ0) is 33.8. The van der Waals surface area contributed by atoms with Gasteiger partial charge in [0.1, 0.15) is 19.3 Å². The van der Waals surface area contributed by atoms with Crippen molar-refractivity contribution < 1.29 is 28.6 Å². The van der Waals surface area contributed by atoms with Gasteiger partial charge in [0.15, 0.2) is 5.92 Å². The molecule has 0 saturated heterocycles. The van der Waals surface area contributed by atoms with Crippen LogP contribution in [0.1, 0.15) is 153 Å². The maximum atomic E-state index is 13.0. The second kappa shape index (κ2) is 26.9. The lowest BCUT2D eigenvalue weighted by Gasteiger charge is -2.18. The first kappa shape index (κ1) is 40.0. The number of carbonyl (C=O) groups excluding carboxylic acids is 3. The third-order valence-electron chi connectivity index (χ3n) is 8.70. The van der Waals surface area contributed by atoms with Crippen molar-refractivity contribution in [1.82, 2.24) is 0 Å². The van der Waals surface area contributed by atoms with Gasteiger partial charge in [0.25, 0.3) is 0 Å². The molecule has 0 aliphatic rings. The molecule has 6 heteroatoms. The van der Waals surface area contributed by atoms with Gasteiger partial charge >= 0.3 is 17.9 Å². The summed E-state index contributed by atoms with van der Waals surface area (Å²) < 4.78 is 17.0. The van der Waals surface area contributed by atoms with E-state index in [9.17, 15) is 14.4 Å². The van der Waals surface area contributed by atoms with Crippen LogP contribution in [0.15, 0.2) is 60.7 Å². The fourth-order valence-corrected chi connectivity index (χ4v) is 5.77. The van der Waals surface area contributed by atoms with Crippen molar-refractivity contribution in [2.24, 2.45) is 5.92 Å². The molecule has 2 rings (SSSR count). The summed E-state index contributed by atoms with van der Waals surface area (Å²) in [5.41, 5.74) is 1.73. The molecule has 262 valence electrons. The molecular weight excluding hydrogens is 588 g/mol. The lowest BCUT2D eigenvalue weighted by Crippen LogP contribution is -2.28. The van der Waals surface area contributed by atoms with E-state index >= 15 is 0 Å². The summed E-state index contributed by atoms with van der Waals surface area (Å²) in [7, 11) is 0. The normalized spacial score (nSPS) is 11.1. The number of carbonyl (C=O) groups is 3. The van der Waals surface area contributed by atoms with Crippen LogP contribution >= 0.6 is 0 Å². The number of hydrogen-bond acceptors (Lipinski definition) is 6. The van der Waals surface area contributed by atoms with Crippen LogP contribution in [-0.4, -0.2) is 24.0 Å². The summed E-state index contributed by atoms with van der Waals surface area (Å²) >= 11 is 0. The topological polar surface area (TPSA) is 78.9 Å². The first-order valence-corrected chi connectivity index (χ1v) is 18.6. The number of unbranched alkanes of at least 4 members (excludes halogenated alkanes) is 13. The molecule has 47 heavy (non-hydrogen) atoms. The summed E-state index contributed by atoms with van der Waals surface area (Å²) in [4.78, 5) is 38.7. The first-order valence-electron chi connectivity index (χ1n) is 18.6. The molecule has 0 amide bonds. The highest BCUT2D eigenvalue weighted by Gasteiger charge is 2.29. The molecule has 0 saturated carbocycles. The lowest BCUT2D eigenvalue weighted by molar-refractivity contribution is -0.164. The van der Waals surface area contributed by atoms with Gasteiger partial charge in [-0.25, -0.2) is 0 Å². The predicted molar refractivity (Wildman–Crippen MR) is 190 cm³/mol. The van der Waals surface area contributed by atoms with Gasteiger partial charge in [0.2, 0.25) is 0 Å². The van der Waals surface area contributed by atoms with Gasteiger partial charge in [0, 0.05) is 6.42 Å². The second-order valence-corrected chi connectivity index (χ2v) is 12.9. The molecular formula is C41H62O6. The average Bonchev–Trinajstić information content (AvgIpc) is 3.09. The van der Waals surface area contributed by atoms with E-state index in [2.05, 4.69) is 13.8 Å². The van der Waals surface area contributed by atoms with Crippen LogP contribution in [0.5, 0.6) is 0 Å². The van der Waals surface area contributed by atoms with Crippen LogP contribution in [0.2, 0.25) is 0 Å². The molecule has 0 heterocycles. The zero-order valence-corrected chi connectivity index (χ0v) is 29.4. The average molecular weight is 651 g/mol. The van der Waals surface area contributed by atoms with Crippen molar-refractivity contribution in [3.8, 4) is 0 Å². The SMILES string of the molecule is CCCCCCCCC(CCCCCCCC)OC(=O)CCCCCCC(C(=O)OCc1ccccc1)C(=O)OCc1ccccc1. The van der Waals surface area contributed by atoms with E-state index in [1.165, 1.54) is 64.2 Å². The van der Waals surface area contributed by atoms with Crippen LogP contribution in [0.4, 0.5) is 0 Å². The predicted octanol–water partition coefficient (Wildman–Crippen LogP) is 10.8. The number of rotatable bonds is 28. The molecule has 0 fully saturated rings. The van der Waals surface area contributed by atoms with Crippen LogP contribution in [-0.2, 0) is 41.8 Å². The Morgan fingerprint density at radius 2 is 0.915 bits per heavy atom.